The lowest BCUT2D eigenvalue weighted by Crippen LogP contribution is -2.56. The quantitative estimate of drug-likeness (QED) is 0.748. The lowest BCUT2D eigenvalue weighted by Gasteiger charge is -2.23. The van der Waals surface area contributed by atoms with E-state index in [0.29, 0.717) is 12.3 Å². The summed E-state index contributed by atoms with van der Waals surface area (Å²) in [4.78, 5) is 22.9. The Labute approximate surface area is 104 Å². The van der Waals surface area contributed by atoms with E-state index >= 15 is 0 Å². The number of benzene rings is 1. The summed E-state index contributed by atoms with van der Waals surface area (Å²) in [6, 6.07) is 8.28. The first-order chi connectivity index (χ1) is 8.62. The summed E-state index contributed by atoms with van der Waals surface area (Å²) < 4.78 is 5.05. The zero-order chi connectivity index (χ0) is 13.0. The SMILES string of the molecule is O=C(Nc1ccccc1)NC1(C(=O)O)CCOC1. The Kier molecular flexibility index (Phi) is 3.47. The van der Waals surface area contributed by atoms with E-state index in [9.17, 15) is 9.59 Å². The predicted octanol–water partition coefficient (Wildman–Crippen LogP) is 1.05. The Morgan fingerprint density at radius 2 is 2.00 bits per heavy atom. The average Bonchev–Trinajstić information content (AvgIpc) is 2.80. The Morgan fingerprint density at radius 1 is 1.28 bits per heavy atom. The number of anilines is 1. The highest BCUT2D eigenvalue weighted by Gasteiger charge is 2.44. The van der Waals surface area contributed by atoms with Crippen LogP contribution in [0.25, 0.3) is 0 Å². The van der Waals surface area contributed by atoms with Gasteiger partial charge in [-0.25, -0.2) is 9.59 Å². The molecule has 2 rings (SSSR count). The second kappa shape index (κ2) is 5.05. The molecule has 6 heteroatoms. The lowest BCUT2D eigenvalue weighted by molar-refractivity contribution is -0.144. The molecule has 96 valence electrons. The molecule has 1 unspecified atom stereocenters. The number of hydrogen-bond acceptors (Lipinski definition) is 3. The van der Waals surface area contributed by atoms with Gasteiger partial charge in [-0.2, -0.15) is 0 Å². The van der Waals surface area contributed by atoms with E-state index in [-0.39, 0.29) is 13.0 Å². The highest BCUT2D eigenvalue weighted by molar-refractivity contribution is 5.94. The Morgan fingerprint density at radius 3 is 2.56 bits per heavy atom. The maximum Gasteiger partial charge on any atom is 0.332 e. The van der Waals surface area contributed by atoms with Crippen LogP contribution in [0.2, 0.25) is 0 Å². The topological polar surface area (TPSA) is 87.7 Å². The van der Waals surface area contributed by atoms with E-state index in [1.807, 2.05) is 6.07 Å². The maximum absolute atomic E-state index is 11.7. The smallest absolute Gasteiger partial charge is 0.332 e. The van der Waals surface area contributed by atoms with Gasteiger partial charge in [0.2, 0.25) is 0 Å². The zero-order valence-corrected chi connectivity index (χ0v) is 9.68. The molecule has 18 heavy (non-hydrogen) atoms. The molecule has 1 aromatic carbocycles. The van der Waals surface area contributed by atoms with Gasteiger partial charge < -0.3 is 20.5 Å². The van der Waals surface area contributed by atoms with Crippen molar-refractivity contribution in [1.29, 1.82) is 0 Å². The van der Waals surface area contributed by atoms with Crippen LogP contribution in [0.1, 0.15) is 6.42 Å². The third-order valence-electron chi connectivity index (χ3n) is 2.82. The minimum absolute atomic E-state index is 0.00938. The van der Waals surface area contributed by atoms with Gasteiger partial charge in [0.25, 0.3) is 0 Å². The van der Waals surface area contributed by atoms with Crippen molar-refractivity contribution in [1.82, 2.24) is 5.32 Å². The third kappa shape index (κ3) is 2.60. The normalized spacial score (nSPS) is 22.4. The predicted molar refractivity (Wildman–Crippen MR) is 64.4 cm³/mol. The fraction of sp³-hybridized carbons (Fsp3) is 0.333. The van der Waals surface area contributed by atoms with Gasteiger partial charge in [-0.3, -0.25) is 0 Å². The molecule has 0 aromatic heterocycles. The summed E-state index contributed by atoms with van der Waals surface area (Å²) in [5, 5.41) is 14.2. The van der Waals surface area contributed by atoms with E-state index in [0.717, 1.165) is 0 Å². The fourth-order valence-electron chi connectivity index (χ4n) is 1.79. The monoisotopic (exact) mass is 250 g/mol. The number of hydrogen-bond donors (Lipinski definition) is 3. The number of amides is 2. The van der Waals surface area contributed by atoms with Crippen LogP contribution in [0.15, 0.2) is 30.3 Å². The summed E-state index contributed by atoms with van der Waals surface area (Å²) in [5.41, 5.74) is -0.715. The van der Waals surface area contributed by atoms with Crippen molar-refractivity contribution < 1.29 is 19.4 Å². The Hall–Kier alpha value is -2.08. The van der Waals surface area contributed by atoms with Crippen LogP contribution in [0.3, 0.4) is 0 Å². The van der Waals surface area contributed by atoms with Crippen molar-refractivity contribution in [2.75, 3.05) is 18.5 Å². The minimum Gasteiger partial charge on any atom is -0.479 e. The first-order valence-corrected chi connectivity index (χ1v) is 5.58. The van der Waals surface area contributed by atoms with Crippen LogP contribution in [-0.4, -0.2) is 35.9 Å². The van der Waals surface area contributed by atoms with E-state index in [4.69, 9.17) is 9.84 Å². The number of urea groups is 1. The number of nitrogens with one attached hydrogen (secondary N) is 2. The number of carboxylic acid groups (broad SMARTS) is 1. The molecule has 0 radical (unpaired) electrons. The molecule has 0 saturated carbocycles. The van der Waals surface area contributed by atoms with Gasteiger partial charge in [0, 0.05) is 18.7 Å². The third-order valence-corrected chi connectivity index (χ3v) is 2.82. The van der Waals surface area contributed by atoms with E-state index in [1.54, 1.807) is 24.3 Å². The molecular formula is C12H14N2O4. The molecule has 1 aliphatic heterocycles. The summed E-state index contributed by atoms with van der Waals surface area (Å²) in [5.74, 6) is -1.08. The van der Waals surface area contributed by atoms with Gasteiger partial charge in [-0.05, 0) is 12.1 Å². The van der Waals surface area contributed by atoms with Crippen LogP contribution in [-0.2, 0) is 9.53 Å². The summed E-state index contributed by atoms with van der Waals surface area (Å²) in [7, 11) is 0. The van der Waals surface area contributed by atoms with Crippen LogP contribution < -0.4 is 10.6 Å². The van der Waals surface area contributed by atoms with Crippen molar-refractivity contribution >= 4 is 17.7 Å². The van der Waals surface area contributed by atoms with Gasteiger partial charge in [0.1, 0.15) is 0 Å². The zero-order valence-electron chi connectivity index (χ0n) is 9.68. The molecule has 1 aromatic rings. The van der Waals surface area contributed by atoms with Crippen LogP contribution in [0.5, 0.6) is 0 Å². The molecule has 1 fully saturated rings. The van der Waals surface area contributed by atoms with Crippen LogP contribution >= 0.6 is 0 Å². The first-order valence-electron chi connectivity index (χ1n) is 5.58. The van der Waals surface area contributed by atoms with Gasteiger partial charge >= 0.3 is 12.0 Å². The summed E-state index contributed by atoms with van der Waals surface area (Å²) >= 11 is 0. The van der Waals surface area contributed by atoms with Gasteiger partial charge in [-0.15, -0.1) is 0 Å². The van der Waals surface area contributed by atoms with Gasteiger partial charge in [-0.1, -0.05) is 18.2 Å². The number of rotatable bonds is 3. The van der Waals surface area contributed by atoms with Crippen LogP contribution in [0.4, 0.5) is 10.5 Å². The fourth-order valence-corrected chi connectivity index (χ4v) is 1.79. The van der Waals surface area contributed by atoms with Crippen molar-refractivity contribution in [2.45, 2.75) is 12.0 Å². The summed E-state index contributed by atoms with van der Waals surface area (Å²) in [6.45, 7) is 0.322. The number of para-hydroxylation sites is 1. The second-order valence-corrected chi connectivity index (χ2v) is 4.13. The highest BCUT2D eigenvalue weighted by atomic mass is 16.5. The molecule has 1 saturated heterocycles. The molecular weight excluding hydrogens is 236 g/mol. The Bertz CT molecular complexity index is 441. The maximum atomic E-state index is 11.7. The molecule has 1 aliphatic rings. The molecule has 6 nitrogen and oxygen atoms in total. The molecule has 1 atom stereocenters. The average molecular weight is 250 g/mol. The largest absolute Gasteiger partial charge is 0.479 e. The second-order valence-electron chi connectivity index (χ2n) is 4.13. The van der Waals surface area contributed by atoms with E-state index < -0.39 is 17.5 Å². The number of ether oxygens (including phenoxy) is 1. The van der Waals surface area contributed by atoms with Crippen molar-refractivity contribution in [3.63, 3.8) is 0 Å². The minimum atomic E-state index is -1.32. The van der Waals surface area contributed by atoms with E-state index in [1.165, 1.54) is 0 Å². The van der Waals surface area contributed by atoms with Gasteiger partial charge in [0.05, 0.1) is 6.61 Å². The van der Waals surface area contributed by atoms with Crippen molar-refractivity contribution in [2.24, 2.45) is 0 Å². The lowest BCUT2D eigenvalue weighted by atomic mass is 9.99. The van der Waals surface area contributed by atoms with Crippen LogP contribution in [0, 0.1) is 0 Å². The molecule has 3 N–H and O–H groups in total. The summed E-state index contributed by atoms with van der Waals surface area (Å²) in [6.07, 6.45) is 0.268. The molecule has 2 amide bonds. The first kappa shape index (κ1) is 12.4. The number of carbonyl (C=O) groups is 2. The molecule has 1 heterocycles. The molecule has 0 spiro atoms. The van der Waals surface area contributed by atoms with E-state index in [2.05, 4.69) is 10.6 Å². The standard InChI is InChI=1S/C12H14N2O4/c15-10(16)12(6-7-18-8-12)14-11(17)13-9-4-2-1-3-5-9/h1-5H,6-8H2,(H,15,16)(H2,13,14,17). The van der Waals surface area contributed by atoms with Crippen molar-refractivity contribution in [3.05, 3.63) is 30.3 Å². The molecule has 0 aliphatic carbocycles. The number of carbonyl (C=O) groups excluding carboxylic acids is 1. The van der Waals surface area contributed by atoms with Gasteiger partial charge in [0.15, 0.2) is 5.54 Å². The van der Waals surface area contributed by atoms with Crippen molar-refractivity contribution in [3.8, 4) is 0 Å². The molecule has 0 bridgehead atoms. The number of carboxylic acids is 1. The Balaban J connectivity index is 2.00. The number of aliphatic carboxylic acids is 1. The highest BCUT2D eigenvalue weighted by Crippen LogP contribution is 2.19.